The Hall–Kier alpha value is -0.780. The summed E-state index contributed by atoms with van der Waals surface area (Å²) in [6, 6.07) is 4.61. The second-order valence-corrected chi connectivity index (χ2v) is 7.06. The van der Waals surface area contributed by atoms with Crippen molar-refractivity contribution in [2.24, 2.45) is 5.92 Å². The molecule has 1 atom stereocenters. The Morgan fingerprint density at radius 3 is 2.45 bits per heavy atom. The van der Waals surface area contributed by atoms with Crippen LogP contribution in [0.3, 0.4) is 0 Å². The SMILES string of the molecule is COc1cc([C@@H](CC2CC2)N2CCNCC2)c(OC)cc1Br. The zero-order valence-corrected chi connectivity index (χ0v) is 15.0. The van der Waals surface area contributed by atoms with Gasteiger partial charge in [0.2, 0.25) is 0 Å². The molecule has 1 saturated heterocycles. The molecule has 1 aromatic rings. The van der Waals surface area contributed by atoms with E-state index in [9.17, 15) is 0 Å². The lowest BCUT2D eigenvalue weighted by Crippen LogP contribution is -2.45. The van der Waals surface area contributed by atoms with Crippen molar-refractivity contribution in [3.8, 4) is 11.5 Å². The van der Waals surface area contributed by atoms with Crippen LogP contribution in [-0.2, 0) is 0 Å². The predicted octanol–water partition coefficient (Wildman–Crippen LogP) is 3.21. The van der Waals surface area contributed by atoms with E-state index in [0.29, 0.717) is 6.04 Å². The van der Waals surface area contributed by atoms with Gasteiger partial charge in [0.05, 0.1) is 18.7 Å². The van der Waals surface area contributed by atoms with Gasteiger partial charge < -0.3 is 14.8 Å². The average molecular weight is 369 g/mol. The molecule has 0 radical (unpaired) electrons. The van der Waals surface area contributed by atoms with Crippen LogP contribution in [0.25, 0.3) is 0 Å². The van der Waals surface area contributed by atoms with E-state index in [2.05, 4.69) is 32.2 Å². The molecule has 0 amide bonds. The van der Waals surface area contributed by atoms with Crippen LogP contribution in [0.1, 0.15) is 30.9 Å². The van der Waals surface area contributed by atoms with Gasteiger partial charge in [0.25, 0.3) is 0 Å². The van der Waals surface area contributed by atoms with Crippen molar-refractivity contribution >= 4 is 15.9 Å². The molecular weight excluding hydrogens is 344 g/mol. The molecule has 0 bridgehead atoms. The number of hydrogen-bond acceptors (Lipinski definition) is 4. The topological polar surface area (TPSA) is 33.7 Å². The minimum absolute atomic E-state index is 0.423. The van der Waals surface area contributed by atoms with Crippen molar-refractivity contribution < 1.29 is 9.47 Å². The molecule has 4 nitrogen and oxygen atoms in total. The second kappa shape index (κ2) is 7.20. The largest absolute Gasteiger partial charge is 0.496 e. The highest BCUT2D eigenvalue weighted by Crippen LogP contribution is 2.44. The van der Waals surface area contributed by atoms with E-state index >= 15 is 0 Å². The third-order valence-corrected chi connectivity index (χ3v) is 5.33. The molecule has 3 rings (SSSR count). The lowest BCUT2D eigenvalue weighted by molar-refractivity contribution is 0.157. The Bertz CT molecular complexity index is 514. The van der Waals surface area contributed by atoms with Crippen LogP contribution in [-0.4, -0.2) is 45.3 Å². The zero-order valence-electron chi connectivity index (χ0n) is 13.4. The first kappa shape index (κ1) is 16.1. The number of ether oxygens (including phenoxy) is 2. The van der Waals surface area contributed by atoms with Gasteiger partial charge in [-0.25, -0.2) is 0 Å². The number of rotatable bonds is 6. The Morgan fingerprint density at radius 2 is 1.86 bits per heavy atom. The summed E-state index contributed by atoms with van der Waals surface area (Å²) in [5.74, 6) is 2.71. The minimum Gasteiger partial charge on any atom is -0.496 e. The van der Waals surface area contributed by atoms with E-state index in [1.807, 2.05) is 6.07 Å². The van der Waals surface area contributed by atoms with Crippen LogP contribution in [0.5, 0.6) is 11.5 Å². The first-order valence-corrected chi connectivity index (χ1v) is 8.88. The van der Waals surface area contributed by atoms with Gasteiger partial charge in [0, 0.05) is 37.8 Å². The summed E-state index contributed by atoms with van der Waals surface area (Å²) in [7, 11) is 3.47. The molecule has 122 valence electrons. The Kier molecular flexibility index (Phi) is 5.26. The molecule has 0 aromatic heterocycles. The number of halogens is 1. The predicted molar refractivity (Wildman–Crippen MR) is 91.8 cm³/mol. The van der Waals surface area contributed by atoms with Crippen molar-refractivity contribution in [1.29, 1.82) is 0 Å². The highest BCUT2D eigenvalue weighted by atomic mass is 79.9. The summed E-state index contributed by atoms with van der Waals surface area (Å²) in [6.45, 7) is 4.33. The van der Waals surface area contributed by atoms with Gasteiger partial charge >= 0.3 is 0 Å². The molecule has 1 aliphatic heterocycles. The molecule has 1 aliphatic carbocycles. The molecule has 2 aliphatic rings. The van der Waals surface area contributed by atoms with Crippen LogP contribution in [0.15, 0.2) is 16.6 Å². The third kappa shape index (κ3) is 3.58. The maximum atomic E-state index is 5.67. The summed E-state index contributed by atoms with van der Waals surface area (Å²) in [5.41, 5.74) is 1.26. The van der Waals surface area contributed by atoms with Gasteiger partial charge in [-0.05, 0) is 40.4 Å². The summed E-state index contributed by atoms with van der Waals surface area (Å²) < 4.78 is 12.1. The molecule has 1 heterocycles. The molecule has 0 unspecified atom stereocenters. The Labute approximate surface area is 141 Å². The molecule has 2 fully saturated rings. The van der Waals surface area contributed by atoms with Crippen LogP contribution >= 0.6 is 15.9 Å². The number of nitrogens with zero attached hydrogens (tertiary/aromatic N) is 1. The van der Waals surface area contributed by atoms with Gasteiger partial charge in [-0.1, -0.05) is 12.8 Å². The van der Waals surface area contributed by atoms with E-state index in [1.54, 1.807) is 14.2 Å². The molecule has 1 aromatic carbocycles. The van der Waals surface area contributed by atoms with Crippen molar-refractivity contribution in [2.75, 3.05) is 40.4 Å². The van der Waals surface area contributed by atoms with Gasteiger partial charge in [-0.15, -0.1) is 0 Å². The van der Waals surface area contributed by atoms with Crippen molar-refractivity contribution in [2.45, 2.75) is 25.3 Å². The highest BCUT2D eigenvalue weighted by molar-refractivity contribution is 9.10. The molecule has 5 heteroatoms. The lowest BCUT2D eigenvalue weighted by Gasteiger charge is -2.36. The standard InChI is InChI=1S/C17H25BrN2O2/c1-21-16-11-14(18)17(22-2)10-13(16)15(9-12-3-4-12)20-7-5-19-6-8-20/h10-12,15,19H,3-9H2,1-2H3/t15-/m1/s1. The van der Waals surface area contributed by atoms with E-state index in [0.717, 1.165) is 48.1 Å². The number of nitrogens with one attached hydrogen (secondary N) is 1. The van der Waals surface area contributed by atoms with Crippen molar-refractivity contribution in [3.05, 3.63) is 22.2 Å². The summed E-state index contributed by atoms with van der Waals surface area (Å²) >= 11 is 3.56. The summed E-state index contributed by atoms with van der Waals surface area (Å²) in [6.07, 6.45) is 3.97. The maximum absolute atomic E-state index is 5.67. The maximum Gasteiger partial charge on any atom is 0.133 e. The van der Waals surface area contributed by atoms with Gasteiger partial charge in [0.15, 0.2) is 0 Å². The van der Waals surface area contributed by atoms with Crippen LogP contribution < -0.4 is 14.8 Å². The molecule has 0 spiro atoms. The van der Waals surface area contributed by atoms with Crippen molar-refractivity contribution in [3.63, 3.8) is 0 Å². The molecule has 1 saturated carbocycles. The average Bonchev–Trinajstić information content (AvgIpc) is 3.37. The van der Waals surface area contributed by atoms with Crippen LogP contribution in [0.2, 0.25) is 0 Å². The number of hydrogen-bond donors (Lipinski definition) is 1. The van der Waals surface area contributed by atoms with Crippen molar-refractivity contribution in [1.82, 2.24) is 10.2 Å². The number of methoxy groups -OCH3 is 2. The highest BCUT2D eigenvalue weighted by Gasteiger charge is 2.32. The Morgan fingerprint density at radius 1 is 1.18 bits per heavy atom. The van der Waals surface area contributed by atoms with E-state index in [4.69, 9.17) is 9.47 Å². The smallest absolute Gasteiger partial charge is 0.133 e. The first-order valence-electron chi connectivity index (χ1n) is 8.09. The first-order chi connectivity index (χ1) is 10.7. The van der Waals surface area contributed by atoms with E-state index in [-0.39, 0.29) is 0 Å². The fourth-order valence-corrected chi connectivity index (χ4v) is 3.76. The van der Waals surface area contributed by atoms with Crippen LogP contribution in [0.4, 0.5) is 0 Å². The Balaban J connectivity index is 1.94. The zero-order chi connectivity index (χ0) is 15.5. The minimum atomic E-state index is 0.423. The number of piperazine rings is 1. The quantitative estimate of drug-likeness (QED) is 0.835. The fraction of sp³-hybridized carbons (Fsp3) is 0.647. The van der Waals surface area contributed by atoms with Gasteiger partial charge in [0.1, 0.15) is 11.5 Å². The monoisotopic (exact) mass is 368 g/mol. The molecule has 1 N–H and O–H groups in total. The summed E-state index contributed by atoms with van der Waals surface area (Å²) in [4.78, 5) is 2.60. The van der Waals surface area contributed by atoms with Gasteiger partial charge in [-0.3, -0.25) is 4.90 Å². The van der Waals surface area contributed by atoms with Crippen LogP contribution in [0, 0.1) is 5.92 Å². The lowest BCUT2D eigenvalue weighted by atomic mass is 9.97. The molecular formula is C17H25BrN2O2. The normalized spacial score (nSPS) is 20.7. The van der Waals surface area contributed by atoms with Gasteiger partial charge in [-0.2, -0.15) is 0 Å². The molecule has 22 heavy (non-hydrogen) atoms. The van der Waals surface area contributed by atoms with E-state index in [1.165, 1.54) is 24.8 Å². The third-order valence-electron chi connectivity index (χ3n) is 4.71. The summed E-state index contributed by atoms with van der Waals surface area (Å²) in [5, 5.41) is 3.45. The second-order valence-electron chi connectivity index (χ2n) is 6.21. The fourth-order valence-electron chi connectivity index (χ4n) is 3.28. The van der Waals surface area contributed by atoms with E-state index < -0.39 is 0 Å². The number of benzene rings is 1.